The molecule has 1 aromatic heterocycles. The number of piperazine rings is 1. The number of benzene rings is 1. The van der Waals surface area contributed by atoms with E-state index in [2.05, 4.69) is 14.9 Å². The number of carbonyl (C=O) groups is 1. The average Bonchev–Trinajstić information content (AvgIpc) is 2.77. The molecule has 1 aromatic carbocycles. The average molecular weight is 388 g/mol. The highest BCUT2D eigenvalue weighted by Gasteiger charge is 2.26. The van der Waals surface area contributed by atoms with Gasteiger partial charge in [-0.2, -0.15) is 9.97 Å². The summed E-state index contributed by atoms with van der Waals surface area (Å²) in [6, 6.07) is 7.30. The first kappa shape index (κ1) is 19.5. The van der Waals surface area contributed by atoms with Crippen molar-refractivity contribution in [3.05, 3.63) is 29.8 Å². The molecule has 1 amide bonds. The monoisotopic (exact) mass is 388 g/mol. The van der Waals surface area contributed by atoms with E-state index in [-0.39, 0.29) is 11.9 Å². The molecule has 0 bridgehead atoms. The quantitative estimate of drug-likeness (QED) is 0.735. The van der Waals surface area contributed by atoms with Crippen molar-refractivity contribution in [1.82, 2.24) is 14.9 Å². The minimum absolute atomic E-state index is 0.0896. The Morgan fingerprint density at radius 3 is 2.29 bits per heavy atom. The Balaban J connectivity index is 1.73. The van der Waals surface area contributed by atoms with E-state index >= 15 is 0 Å². The molecule has 1 aliphatic heterocycles. The van der Waals surface area contributed by atoms with E-state index in [9.17, 15) is 4.79 Å². The number of para-hydroxylation sites is 1. The highest BCUT2D eigenvalue weighted by Crippen LogP contribution is 2.32. The van der Waals surface area contributed by atoms with Crippen LogP contribution in [-0.4, -0.2) is 75.4 Å². The van der Waals surface area contributed by atoms with Crippen molar-refractivity contribution in [3.8, 4) is 23.4 Å². The van der Waals surface area contributed by atoms with Crippen LogP contribution in [0.15, 0.2) is 24.3 Å². The summed E-state index contributed by atoms with van der Waals surface area (Å²) in [7, 11) is 6.14. The van der Waals surface area contributed by atoms with Gasteiger partial charge < -0.3 is 28.7 Å². The summed E-state index contributed by atoms with van der Waals surface area (Å²) in [4.78, 5) is 25.3. The number of ether oxygens (including phenoxy) is 4. The van der Waals surface area contributed by atoms with E-state index in [0.29, 0.717) is 54.9 Å². The first-order valence-corrected chi connectivity index (χ1v) is 8.83. The molecular weight excluding hydrogens is 364 g/mol. The summed E-state index contributed by atoms with van der Waals surface area (Å²) in [6.07, 6.45) is 0. The predicted octanol–water partition coefficient (Wildman–Crippen LogP) is 1.47. The van der Waals surface area contributed by atoms with Crippen molar-refractivity contribution >= 4 is 11.7 Å². The summed E-state index contributed by atoms with van der Waals surface area (Å²) in [5, 5.41) is 0. The number of rotatable bonds is 6. The Labute approximate surface area is 163 Å². The van der Waals surface area contributed by atoms with Gasteiger partial charge in [0.25, 0.3) is 5.91 Å². The third-order valence-electron chi connectivity index (χ3n) is 4.58. The first-order chi connectivity index (χ1) is 13.6. The molecule has 2 aromatic rings. The molecule has 0 spiro atoms. The maximum Gasteiger partial charge on any atom is 0.321 e. The molecule has 1 saturated heterocycles. The van der Waals surface area contributed by atoms with Crippen LogP contribution in [0.4, 0.5) is 5.82 Å². The lowest BCUT2D eigenvalue weighted by molar-refractivity contribution is 0.0742. The Morgan fingerprint density at radius 1 is 0.929 bits per heavy atom. The summed E-state index contributed by atoms with van der Waals surface area (Å²) >= 11 is 0. The molecule has 9 heteroatoms. The van der Waals surface area contributed by atoms with Crippen LogP contribution in [-0.2, 0) is 0 Å². The van der Waals surface area contributed by atoms with E-state index in [0.717, 1.165) is 0 Å². The fourth-order valence-corrected chi connectivity index (χ4v) is 3.11. The number of methoxy groups -OCH3 is 4. The second-order valence-corrected chi connectivity index (χ2v) is 6.08. The van der Waals surface area contributed by atoms with Crippen molar-refractivity contribution in [2.75, 3.05) is 59.5 Å². The smallest absolute Gasteiger partial charge is 0.321 e. The van der Waals surface area contributed by atoms with Gasteiger partial charge in [-0.15, -0.1) is 0 Å². The van der Waals surface area contributed by atoms with E-state index in [1.54, 1.807) is 43.4 Å². The summed E-state index contributed by atoms with van der Waals surface area (Å²) in [6.45, 7) is 2.35. The van der Waals surface area contributed by atoms with Gasteiger partial charge >= 0.3 is 6.01 Å². The molecule has 0 atom stereocenters. The molecule has 1 aliphatic rings. The number of aromatic nitrogens is 2. The number of hydrogen-bond acceptors (Lipinski definition) is 8. The van der Waals surface area contributed by atoms with Crippen molar-refractivity contribution in [2.24, 2.45) is 0 Å². The zero-order valence-electron chi connectivity index (χ0n) is 16.5. The van der Waals surface area contributed by atoms with E-state index in [1.165, 1.54) is 14.2 Å². The van der Waals surface area contributed by atoms with Crippen LogP contribution in [0, 0.1) is 0 Å². The Kier molecular flexibility index (Phi) is 6.03. The number of amides is 1. The standard InChI is InChI=1S/C19H24N4O5/c1-25-14-7-5-6-13(17(14)27-3)18(24)23-10-8-22(9-11-23)15-12-16(26-2)21-19(20-15)28-4/h5-7,12H,8-11H2,1-4H3. The van der Waals surface area contributed by atoms with E-state index < -0.39 is 0 Å². The normalized spacial score (nSPS) is 13.9. The van der Waals surface area contributed by atoms with Crippen LogP contribution < -0.4 is 23.8 Å². The van der Waals surface area contributed by atoms with Crippen LogP contribution in [0.2, 0.25) is 0 Å². The number of carbonyl (C=O) groups excluding carboxylic acids is 1. The summed E-state index contributed by atoms with van der Waals surface area (Å²) < 4.78 is 21.0. The number of anilines is 1. The zero-order chi connectivity index (χ0) is 20.1. The number of hydrogen-bond donors (Lipinski definition) is 0. The van der Waals surface area contributed by atoms with E-state index in [1.807, 2.05) is 0 Å². The van der Waals surface area contributed by atoms with Gasteiger partial charge in [0.1, 0.15) is 5.82 Å². The lowest BCUT2D eigenvalue weighted by Gasteiger charge is -2.35. The molecule has 0 aliphatic carbocycles. The predicted molar refractivity (Wildman–Crippen MR) is 103 cm³/mol. The summed E-state index contributed by atoms with van der Waals surface area (Å²) in [5.74, 6) is 2.03. The fourth-order valence-electron chi connectivity index (χ4n) is 3.11. The lowest BCUT2D eigenvalue weighted by Crippen LogP contribution is -2.49. The van der Waals surface area contributed by atoms with Gasteiger partial charge in [0, 0.05) is 32.2 Å². The maximum absolute atomic E-state index is 13.0. The minimum Gasteiger partial charge on any atom is -0.493 e. The molecule has 3 rings (SSSR count). The SMILES string of the molecule is COc1cc(N2CCN(C(=O)c3cccc(OC)c3OC)CC2)nc(OC)n1. The topological polar surface area (TPSA) is 86.3 Å². The molecule has 0 radical (unpaired) electrons. The van der Waals surface area contributed by atoms with Gasteiger partial charge in [-0.05, 0) is 12.1 Å². The third kappa shape index (κ3) is 3.88. The van der Waals surface area contributed by atoms with Crippen molar-refractivity contribution < 1.29 is 23.7 Å². The molecule has 9 nitrogen and oxygen atoms in total. The largest absolute Gasteiger partial charge is 0.493 e. The molecule has 0 saturated carbocycles. The maximum atomic E-state index is 13.0. The van der Waals surface area contributed by atoms with E-state index in [4.69, 9.17) is 18.9 Å². The van der Waals surface area contributed by atoms with Crippen LogP contribution in [0.3, 0.4) is 0 Å². The molecule has 0 unspecified atom stereocenters. The highest BCUT2D eigenvalue weighted by molar-refractivity contribution is 5.98. The van der Waals surface area contributed by atoms with Gasteiger partial charge in [0.15, 0.2) is 11.5 Å². The molecular formula is C19H24N4O5. The van der Waals surface area contributed by atoms with Gasteiger partial charge in [-0.1, -0.05) is 6.07 Å². The molecule has 0 N–H and O–H groups in total. The lowest BCUT2D eigenvalue weighted by atomic mass is 10.1. The van der Waals surface area contributed by atoms with Crippen molar-refractivity contribution in [2.45, 2.75) is 0 Å². The first-order valence-electron chi connectivity index (χ1n) is 8.83. The molecule has 2 heterocycles. The fraction of sp³-hybridized carbons (Fsp3) is 0.421. The van der Waals surface area contributed by atoms with Crippen LogP contribution in [0.25, 0.3) is 0 Å². The summed E-state index contributed by atoms with van der Waals surface area (Å²) in [5.41, 5.74) is 0.487. The van der Waals surface area contributed by atoms with Crippen molar-refractivity contribution in [3.63, 3.8) is 0 Å². The van der Waals surface area contributed by atoms with Crippen molar-refractivity contribution in [1.29, 1.82) is 0 Å². The Hall–Kier alpha value is -3.23. The second kappa shape index (κ2) is 8.64. The Bertz CT molecular complexity index is 815. The van der Waals surface area contributed by atoms with Gasteiger partial charge in [-0.25, -0.2) is 0 Å². The molecule has 1 fully saturated rings. The second-order valence-electron chi connectivity index (χ2n) is 6.08. The third-order valence-corrected chi connectivity index (χ3v) is 4.58. The highest BCUT2D eigenvalue weighted by atomic mass is 16.5. The Morgan fingerprint density at radius 2 is 1.68 bits per heavy atom. The number of nitrogens with zero attached hydrogens (tertiary/aromatic N) is 4. The van der Waals surface area contributed by atoms with Gasteiger partial charge in [-0.3, -0.25) is 4.79 Å². The minimum atomic E-state index is -0.0896. The van der Waals surface area contributed by atoms with Gasteiger partial charge in [0.05, 0.1) is 34.0 Å². The molecule has 28 heavy (non-hydrogen) atoms. The van der Waals surface area contributed by atoms with Gasteiger partial charge in [0.2, 0.25) is 5.88 Å². The van der Waals surface area contributed by atoms with Crippen LogP contribution in [0.1, 0.15) is 10.4 Å². The zero-order valence-corrected chi connectivity index (χ0v) is 16.5. The van der Waals surface area contributed by atoms with Crippen LogP contribution in [0.5, 0.6) is 23.4 Å². The molecule has 150 valence electrons. The van der Waals surface area contributed by atoms with Crippen LogP contribution >= 0.6 is 0 Å².